The van der Waals surface area contributed by atoms with Gasteiger partial charge in [0, 0.05) is 10.6 Å². The van der Waals surface area contributed by atoms with Crippen molar-refractivity contribution in [3.63, 3.8) is 0 Å². The van der Waals surface area contributed by atoms with Gasteiger partial charge in [0.25, 0.3) is 0 Å². The zero-order valence-electron chi connectivity index (χ0n) is 16.8. The van der Waals surface area contributed by atoms with Crippen molar-refractivity contribution in [3.05, 3.63) is 40.4 Å². The van der Waals surface area contributed by atoms with E-state index < -0.39 is 15.5 Å². The molecule has 1 rings (SSSR count). The fourth-order valence-corrected chi connectivity index (χ4v) is 3.11. The lowest BCUT2D eigenvalue weighted by Crippen LogP contribution is -2.30. The highest BCUT2D eigenvalue weighted by Gasteiger charge is 2.46. The number of anilines is 1. The van der Waals surface area contributed by atoms with Crippen LogP contribution in [0.25, 0.3) is 0 Å². The van der Waals surface area contributed by atoms with Crippen molar-refractivity contribution in [2.24, 2.45) is 11.1 Å². The van der Waals surface area contributed by atoms with E-state index >= 15 is 0 Å². The zero-order chi connectivity index (χ0) is 22.2. The summed E-state index contributed by atoms with van der Waals surface area (Å²) in [4.78, 5) is 5.27. The van der Waals surface area contributed by atoms with Crippen LogP contribution >= 0.6 is 11.6 Å². The van der Waals surface area contributed by atoms with Gasteiger partial charge in [-0.1, -0.05) is 35.3 Å². The van der Waals surface area contributed by atoms with Crippen LogP contribution < -0.4 is 4.72 Å². The number of allylic oxidation sites excluding steroid dienone is 2. The minimum atomic E-state index is -5.56. The fourth-order valence-electron chi connectivity index (χ4n) is 2.35. The zero-order valence-corrected chi connectivity index (χ0v) is 18.4. The van der Waals surface area contributed by atoms with E-state index in [0.29, 0.717) is 12.5 Å². The van der Waals surface area contributed by atoms with Gasteiger partial charge in [0.05, 0.1) is 11.4 Å². The number of sulfonamides is 1. The van der Waals surface area contributed by atoms with Gasteiger partial charge in [0.2, 0.25) is 0 Å². The Bertz CT molecular complexity index is 849. The molecule has 0 radical (unpaired) electrons. The van der Waals surface area contributed by atoms with Crippen molar-refractivity contribution in [1.29, 1.82) is 0 Å². The molecule has 0 aromatic heterocycles. The fraction of sp³-hybridized carbons (Fsp3) is 0.526. The average Bonchev–Trinajstić information content (AvgIpc) is 2.58. The molecule has 0 heterocycles. The van der Waals surface area contributed by atoms with Gasteiger partial charge in [-0.15, -0.1) is 0 Å². The molecule has 0 aliphatic heterocycles. The lowest BCUT2D eigenvalue weighted by Gasteiger charge is -2.14. The first-order valence-corrected chi connectivity index (χ1v) is 10.9. The maximum atomic E-state index is 12.7. The van der Waals surface area contributed by atoms with Crippen LogP contribution in [0.1, 0.15) is 52.5 Å². The summed E-state index contributed by atoms with van der Waals surface area (Å²) in [6.07, 6.45) is 4.92. The monoisotopic (exact) mass is 454 g/mol. The van der Waals surface area contributed by atoms with Gasteiger partial charge < -0.3 is 4.84 Å². The number of rotatable bonds is 10. The van der Waals surface area contributed by atoms with E-state index in [1.165, 1.54) is 29.4 Å². The molecular formula is C19H26ClF3N2O3S. The Kier molecular flexibility index (Phi) is 9.48. The number of halogens is 4. The molecule has 1 unspecified atom stereocenters. The Balaban J connectivity index is 2.79. The molecule has 0 aliphatic rings. The van der Waals surface area contributed by atoms with E-state index in [1.807, 2.05) is 13.8 Å². The maximum Gasteiger partial charge on any atom is 0.516 e. The van der Waals surface area contributed by atoms with Gasteiger partial charge in [0.15, 0.2) is 0 Å². The third-order valence-electron chi connectivity index (χ3n) is 4.04. The van der Waals surface area contributed by atoms with Gasteiger partial charge in [-0.25, -0.2) is 0 Å². The molecule has 0 aliphatic carbocycles. The van der Waals surface area contributed by atoms with Crippen LogP contribution in [0.2, 0.25) is 5.02 Å². The molecule has 0 saturated heterocycles. The molecule has 1 aromatic carbocycles. The molecule has 0 amide bonds. The molecule has 164 valence electrons. The van der Waals surface area contributed by atoms with Crippen LogP contribution in [0.4, 0.5) is 18.9 Å². The first-order chi connectivity index (χ1) is 13.3. The SMILES string of the molecule is CC(C)=CCCC(C)CCO/N=C(\C)c1cc(Cl)ccc1NS(=O)(=O)C(F)(F)F. The van der Waals surface area contributed by atoms with Gasteiger partial charge in [-0.05, 0) is 64.2 Å². The topological polar surface area (TPSA) is 67.8 Å². The first kappa shape index (κ1) is 25.3. The molecule has 29 heavy (non-hydrogen) atoms. The van der Waals surface area contributed by atoms with Crippen LogP contribution in [0.3, 0.4) is 0 Å². The summed E-state index contributed by atoms with van der Waals surface area (Å²) >= 11 is 5.90. The van der Waals surface area contributed by atoms with Crippen LogP contribution in [0.5, 0.6) is 0 Å². The summed E-state index contributed by atoms with van der Waals surface area (Å²) in [6, 6.07) is 3.74. The molecular weight excluding hydrogens is 429 g/mol. The normalized spacial score (nSPS) is 13.7. The average molecular weight is 455 g/mol. The first-order valence-electron chi connectivity index (χ1n) is 9.02. The minimum absolute atomic E-state index is 0.0990. The van der Waals surface area contributed by atoms with Crippen LogP contribution in [0, 0.1) is 5.92 Å². The summed E-state index contributed by atoms with van der Waals surface area (Å²) < 4.78 is 62.3. The highest BCUT2D eigenvalue weighted by Crippen LogP contribution is 2.29. The maximum absolute atomic E-state index is 12.7. The van der Waals surface area contributed by atoms with Gasteiger partial charge in [-0.2, -0.15) is 21.6 Å². The van der Waals surface area contributed by atoms with Gasteiger partial charge in [-0.3, -0.25) is 4.72 Å². The standard InChI is InChI=1S/C19H26ClF3N2O3S/c1-13(2)6-5-7-14(3)10-11-28-24-15(4)17-12-16(20)8-9-18(17)25-29(26,27)19(21,22)23/h6,8-9,12,14,25H,5,7,10-11H2,1-4H3/b24-15+. The summed E-state index contributed by atoms with van der Waals surface area (Å²) in [5, 5.41) is 4.12. The number of benzene rings is 1. The number of nitrogens with zero attached hydrogens (tertiary/aromatic N) is 1. The van der Waals surface area contributed by atoms with Crippen LogP contribution in [0.15, 0.2) is 35.0 Å². The van der Waals surface area contributed by atoms with Crippen molar-refractivity contribution >= 4 is 33.0 Å². The van der Waals surface area contributed by atoms with E-state index in [9.17, 15) is 21.6 Å². The highest BCUT2D eigenvalue weighted by molar-refractivity contribution is 7.93. The van der Waals surface area contributed by atoms with Gasteiger partial charge >= 0.3 is 15.5 Å². The molecule has 1 N–H and O–H groups in total. The highest BCUT2D eigenvalue weighted by atomic mass is 35.5. The number of hydrogen-bond donors (Lipinski definition) is 1. The Hall–Kier alpha value is -1.74. The Morgan fingerprint density at radius 2 is 1.93 bits per heavy atom. The second kappa shape index (κ2) is 10.9. The van der Waals surface area contributed by atoms with E-state index in [0.717, 1.165) is 25.3 Å². The number of nitrogens with one attached hydrogen (secondary N) is 1. The van der Waals surface area contributed by atoms with E-state index in [2.05, 4.69) is 18.2 Å². The molecule has 0 spiro atoms. The predicted octanol–water partition coefficient (Wildman–Crippen LogP) is 6.11. The second-order valence-electron chi connectivity index (χ2n) is 7.00. The smallest absolute Gasteiger partial charge is 0.396 e. The minimum Gasteiger partial charge on any atom is -0.396 e. The summed E-state index contributed by atoms with van der Waals surface area (Å²) in [6.45, 7) is 8.01. The Labute approximate surface area is 175 Å². The van der Waals surface area contributed by atoms with Crippen molar-refractivity contribution in [2.75, 3.05) is 11.3 Å². The Morgan fingerprint density at radius 3 is 2.52 bits per heavy atom. The second-order valence-corrected chi connectivity index (χ2v) is 9.11. The quantitative estimate of drug-likeness (QED) is 0.200. The third-order valence-corrected chi connectivity index (χ3v) is 5.37. The lowest BCUT2D eigenvalue weighted by atomic mass is 10.0. The largest absolute Gasteiger partial charge is 0.516 e. The predicted molar refractivity (Wildman–Crippen MR) is 111 cm³/mol. The molecule has 1 atom stereocenters. The molecule has 0 saturated carbocycles. The van der Waals surface area contributed by atoms with Crippen molar-refractivity contribution in [1.82, 2.24) is 0 Å². The summed E-state index contributed by atoms with van der Waals surface area (Å²) in [7, 11) is -5.56. The number of oxime groups is 1. The van der Waals surface area contributed by atoms with Crippen LogP contribution in [-0.2, 0) is 14.9 Å². The number of alkyl halides is 3. The van der Waals surface area contributed by atoms with E-state index in [-0.39, 0.29) is 22.0 Å². The molecule has 10 heteroatoms. The molecule has 0 fully saturated rings. The Morgan fingerprint density at radius 1 is 1.28 bits per heavy atom. The van der Waals surface area contributed by atoms with Crippen molar-refractivity contribution < 1.29 is 26.4 Å². The van der Waals surface area contributed by atoms with Crippen LogP contribution in [-0.4, -0.2) is 26.2 Å². The lowest BCUT2D eigenvalue weighted by molar-refractivity contribution is -0.0429. The molecule has 0 bridgehead atoms. The van der Waals surface area contributed by atoms with E-state index in [1.54, 1.807) is 0 Å². The van der Waals surface area contributed by atoms with Crippen molar-refractivity contribution in [3.8, 4) is 0 Å². The van der Waals surface area contributed by atoms with Gasteiger partial charge in [0.1, 0.15) is 6.61 Å². The molecule has 1 aromatic rings. The van der Waals surface area contributed by atoms with E-state index in [4.69, 9.17) is 16.4 Å². The third kappa shape index (κ3) is 8.65. The number of hydrogen-bond acceptors (Lipinski definition) is 4. The summed E-state index contributed by atoms with van der Waals surface area (Å²) in [5.74, 6) is 0.418. The summed E-state index contributed by atoms with van der Waals surface area (Å²) in [5.41, 5.74) is -4.15. The van der Waals surface area contributed by atoms with Crippen molar-refractivity contribution in [2.45, 2.75) is 52.5 Å². The molecule has 5 nitrogen and oxygen atoms in total.